The molecule has 0 aliphatic heterocycles. The highest BCUT2D eigenvalue weighted by Gasteiger charge is 2.29. The van der Waals surface area contributed by atoms with Gasteiger partial charge in [-0.1, -0.05) is 0 Å². The molecule has 2 rings (SSSR count). The third kappa shape index (κ3) is 2.77. The zero-order valence-electron chi connectivity index (χ0n) is 11.2. The third-order valence-electron chi connectivity index (χ3n) is 3.46. The fourth-order valence-electron chi connectivity index (χ4n) is 2.11. The molecule has 0 spiro atoms. The van der Waals surface area contributed by atoms with Crippen molar-refractivity contribution in [2.45, 2.75) is 39.5 Å². The Morgan fingerprint density at radius 1 is 1.47 bits per heavy atom. The van der Waals surface area contributed by atoms with Crippen LogP contribution in [0.15, 0.2) is 0 Å². The molecule has 0 saturated heterocycles. The maximum Gasteiger partial charge on any atom is 0.231 e. The summed E-state index contributed by atoms with van der Waals surface area (Å²) < 4.78 is 0. The normalized spacial score (nSPS) is 14.6. The summed E-state index contributed by atoms with van der Waals surface area (Å²) in [5.74, 6) is 0.129. The van der Waals surface area contributed by atoms with E-state index >= 15 is 0 Å². The first-order valence-corrected chi connectivity index (χ1v) is 7.76. The molecule has 19 heavy (non-hydrogen) atoms. The average molecular weight is 297 g/mol. The van der Waals surface area contributed by atoms with Crippen LogP contribution in [0.25, 0.3) is 0 Å². The second-order valence-electron chi connectivity index (χ2n) is 5.50. The van der Waals surface area contributed by atoms with Gasteiger partial charge in [-0.05, 0) is 45.1 Å². The molecule has 1 aromatic rings. The number of alkyl halides is 1. The van der Waals surface area contributed by atoms with E-state index in [0.29, 0.717) is 10.6 Å². The number of aryl methyl sites for hydroxylation is 1. The van der Waals surface area contributed by atoms with Crippen LogP contribution in [0.5, 0.6) is 0 Å². The number of hydrogen-bond acceptors (Lipinski definition) is 3. The van der Waals surface area contributed by atoms with Crippen LogP contribution < -0.4 is 5.32 Å². The lowest BCUT2D eigenvalue weighted by Crippen LogP contribution is -2.32. The molecule has 0 aromatic carbocycles. The molecule has 1 aliphatic carbocycles. The average Bonchev–Trinajstić information content (AvgIpc) is 2.75. The van der Waals surface area contributed by atoms with Crippen LogP contribution in [0, 0.1) is 16.7 Å². The van der Waals surface area contributed by atoms with Gasteiger partial charge in [0, 0.05) is 10.8 Å². The summed E-state index contributed by atoms with van der Waals surface area (Å²) in [6.07, 6.45) is 4.25. The number of rotatable bonds is 3. The summed E-state index contributed by atoms with van der Waals surface area (Å²) in [5.41, 5.74) is 1.16. The fourth-order valence-corrected chi connectivity index (χ4v) is 3.46. The van der Waals surface area contributed by atoms with Gasteiger partial charge in [-0.15, -0.1) is 22.9 Å². The van der Waals surface area contributed by atoms with Gasteiger partial charge in [-0.25, -0.2) is 0 Å². The summed E-state index contributed by atoms with van der Waals surface area (Å²) in [6.45, 7) is 3.60. The molecule has 1 heterocycles. The quantitative estimate of drug-likeness (QED) is 0.865. The molecule has 1 aliphatic rings. The predicted molar refractivity (Wildman–Crippen MR) is 78.8 cm³/mol. The van der Waals surface area contributed by atoms with E-state index in [1.165, 1.54) is 11.3 Å². The van der Waals surface area contributed by atoms with Gasteiger partial charge in [0.2, 0.25) is 5.91 Å². The van der Waals surface area contributed by atoms with Crippen molar-refractivity contribution in [3.8, 4) is 6.07 Å². The number of amides is 1. The molecule has 0 saturated carbocycles. The first-order valence-electron chi connectivity index (χ1n) is 6.41. The molecular formula is C14H17ClN2OS. The predicted octanol–water partition coefficient (Wildman–Crippen LogP) is 3.70. The molecule has 5 heteroatoms. The first-order chi connectivity index (χ1) is 8.99. The monoisotopic (exact) mass is 296 g/mol. The van der Waals surface area contributed by atoms with Gasteiger partial charge >= 0.3 is 0 Å². The van der Waals surface area contributed by atoms with Gasteiger partial charge in [0.15, 0.2) is 0 Å². The number of halogens is 1. The number of nitrogens with zero attached hydrogens (tertiary/aromatic N) is 1. The van der Waals surface area contributed by atoms with E-state index in [0.717, 1.165) is 24.8 Å². The number of carbonyl (C=O) groups is 1. The molecule has 102 valence electrons. The minimum Gasteiger partial charge on any atom is -0.316 e. The second-order valence-corrected chi connectivity index (χ2v) is 6.87. The number of thiophene rings is 1. The molecule has 3 nitrogen and oxygen atoms in total. The van der Waals surface area contributed by atoms with Gasteiger partial charge in [0.1, 0.15) is 11.1 Å². The lowest BCUT2D eigenvalue weighted by molar-refractivity contribution is -0.122. The standard InChI is InChI=1S/C14H17ClN2OS/c1-14(2,8-15)13(18)17-12-10(7-16)9-5-3-4-6-11(9)19-12/h3-6,8H2,1-2H3,(H,17,18). The minimum atomic E-state index is -0.626. The molecule has 0 radical (unpaired) electrons. The number of nitriles is 1. The van der Waals surface area contributed by atoms with Crippen LogP contribution in [0.2, 0.25) is 0 Å². The van der Waals surface area contributed by atoms with Gasteiger partial charge in [-0.3, -0.25) is 4.79 Å². The van der Waals surface area contributed by atoms with Crippen LogP contribution in [0.1, 0.15) is 42.7 Å². The Morgan fingerprint density at radius 2 is 2.16 bits per heavy atom. The molecule has 0 bridgehead atoms. The van der Waals surface area contributed by atoms with Crippen molar-refractivity contribution in [2.75, 3.05) is 11.2 Å². The lowest BCUT2D eigenvalue weighted by atomic mass is 9.94. The van der Waals surface area contributed by atoms with E-state index in [9.17, 15) is 10.1 Å². The van der Waals surface area contributed by atoms with Crippen LogP contribution >= 0.6 is 22.9 Å². The van der Waals surface area contributed by atoms with Crippen molar-refractivity contribution in [1.29, 1.82) is 5.26 Å². The zero-order chi connectivity index (χ0) is 14.0. The summed E-state index contributed by atoms with van der Waals surface area (Å²) in [4.78, 5) is 13.4. The van der Waals surface area contributed by atoms with Crippen molar-refractivity contribution in [2.24, 2.45) is 5.41 Å². The Bertz CT molecular complexity index is 542. The molecular weight excluding hydrogens is 280 g/mol. The molecule has 1 N–H and O–H groups in total. The zero-order valence-corrected chi connectivity index (χ0v) is 12.7. The van der Waals surface area contributed by atoms with E-state index in [4.69, 9.17) is 11.6 Å². The van der Waals surface area contributed by atoms with Crippen LogP contribution in [-0.2, 0) is 17.6 Å². The van der Waals surface area contributed by atoms with Crippen molar-refractivity contribution < 1.29 is 4.79 Å². The van der Waals surface area contributed by atoms with Gasteiger partial charge in [0.05, 0.1) is 11.0 Å². The number of nitrogens with one attached hydrogen (secondary N) is 1. The van der Waals surface area contributed by atoms with Crippen LogP contribution in [0.3, 0.4) is 0 Å². The Morgan fingerprint density at radius 3 is 2.79 bits per heavy atom. The summed E-state index contributed by atoms with van der Waals surface area (Å²) >= 11 is 7.35. The fraction of sp³-hybridized carbons (Fsp3) is 0.571. The Hall–Kier alpha value is -1.05. The second kappa shape index (κ2) is 5.52. The number of hydrogen-bond donors (Lipinski definition) is 1. The maximum atomic E-state index is 12.1. The topological polar surface area (TPSA) is 52.9 Å². The molecule has 0 unspecified atom stereocenters. The van der Waals surface area contributed by atoms with Crippen molar-refractivity contribution in [1.82, 2.24) is 0 Å². The van der Waals surface area contributed by atoms with Gasteiger partial charge in [0.25, 0.3) is 0 Å². The summed E-state index contributed by atoms with van der Waals surface area (Å²) in [5, 5.41) is 12.9. The first kappa shape index (κ1) is 14.4. The Labute approximate surface area is 122 Å². The SMILES string of the molecule is CC(C)(CCl)C(=O)Nc1sc2c(c1C#N)CCCC2. The van der Waals surface area contributed by atoms with E-state index in [1.54, 1.807) is 25.2 Å². The molecule has 1 amide bonds. The van der Waals surface area contributed by atoms with E-state index in [2.05, 4.69) is 11.4 Å². The number of fused-ring (bicyclic) bond motifs is 1. The van der Waals surface area contributed by atoms with Crippen molar-refractivity contribution in [3.05, 3.63) is 16.0 Å². The summed E-state index contributed by atoms with van der Waals surface area (Å²) in [6, 6.07) is 2.24. The smallest absolute Gasteiger partial charge is 0.231 e. The van der Waals surface area contributed by atoms with Crippen molar-refractivity contribution >= 4 is 33.8 Å². The lowest BCUT2D eigenvalue weighted by Gasteiger charge is -2.19. The minimum absolute atomic E-state index is 0.127. The van der Waals surface area contributed by atoms with Crippen molar-refractivity contribution in [3.63, 3.8) is 0 Å². The highest BCUT2D eigenvalue weighted by atomic mass is 35.5. The van der Waals surface area contributed by atoms with Gasteiger partial charge in [-0.2, -0.15) is 5.26 Å². The molecule has 1 aromatic heterocycles. The van der Waals surface area contributed by atoms with Gasteiger partial charge < -0.3 is 5.32 Å². The third-order valence-corrected chi connectivity index (χ3v) is 5.33. The van der Waals surface area contributed by atoms with Crippen LogP contribution in [0.4, 0.5) is 5.00 Å². The highest BCUT2D eigenvalue weighted by molar-refractivity contribution is 7.16. The highest BCUT2D eigenvalue weighted by Crippen LogP contribution is 2.38. The molecule has 0 atom stereocenters. The number of carbonyl (C=O) groups excluding carboxylic acids is 1. The van der Waals surface area contributed by atoms with E-state index in [1.807, 2.05) is 0 Å². The van der Waals surface area contributed by atoms with E-state index in [-0.39, 0.29) is 11.8 Å². The molecule has 0 fully saturated rings. The largest absolute Gasteiger partial charge is 0.316 e. The Balaban J connectivity index is 2.29. The maximum absolute atomic E-state index is 12.1. The summed E-state index contributed by atoms with van der Waals surface area (Å²) in [7, 11) is 0. The van der Waals surface area contributed by atoms with E-state index < -0.39 is 5.41 Å². The Kier molecular flexibility index (Phi) is 4.17. The number of anilines is 1. The van der Waals surface area contributed by atoms with Crippen LogP contribution in [-0.4, -0.2) is 11.8 Å².